The number of piperidine rings is 1. The largest absolute Gasteiger partial charge is 0.484 e. The van der Waals surface area contributed by atoms with Gasteiger partial charge in [0.1, 0.15) is 5.75 Å². The summed E-state index contributed by atoms with van der Waals surface area (Å²) >= 11 is 0. The molecular weight excluding hydrogens is 308 g/mol. The minimum Gasteiger partial charge on any atom is -0.484 e. The number of fused-ring (bicyclic) bond motifs is 3. The highest BCUT2D eigenvalue weighted by Crippen LogP contribution is 2.30. The molecule has 1 amide bonds. The van der Waals surface area contributed by atoms with Gasteiger partial charge < -0.3 is 14.4 Å². The molecule has 7 nitrogen and oxygen atoms in total. The summed E-state index contributed by atoms with van der Waals surface area (Å²) < 4.78 is 13.5. The third-order valence-corrected chi connectivity index (χ3v) is 4.73. The molecule has 2 aliphatic rings. The van der Waals surface area contributed by atoms with E-state index in [1.54, 1.807) is 6.20 Å². The van der Waals surface area contributed by atoms with E-state index in [1.807, 2.05) is 40.8 Å². The zero-order valence-corrected chi connectivity index (χ0v) is 13.6. The Morgan fingerprint density at radius 3 is 3.17 bits per heavy atom. The number of aromatic nitrogens is 3. The number of hydrogen-bond acceptors (Lipinski definition) is 5. The minimum absolute atomic E-state index is 0.0102. The second kappa shape index (κ2) is 6.24. The average Bonchev–Trinajstić information content (AvgIpc) is 3.09. The van der Waals surface area contributed by atoms with E-state index in [1.165, 1.54) is 0 Å². The summed E-state index contributed by atoms with van der Waals surface area (Å²) in [6.07, 6.45) is 2.62. The summed E-state index contributed by atoms with van der Waals surface area (Å²) in [4.78, 5) is 14.4. The Hall–Kier alpha value is -2.41. The van der Waals surface area contributed by atoms with Gasteiger partial charge in [0, 0.05) is 13.1 Å². The van der Waals surface area contributed by atoms with E-state index in [-0.39, 0.29) is 24.7 Å². The number of benzene rings is 1. The van der Waals surface area contributed by atoms with Crippen LogP contribution in [0.15, 0.2) is 30.5 Å². The SMILES string of the molecule is Cc1ccccc1OCC(=O)N1CC[C@@H]2OCc3cnnn3[C@H]2C1. The van der Waals surface area contributed by atoms with Crippen molar-refractivity contribution in [3.05, 3.63) is 41.7 Å². The lowest BCUT2D eigenvalue weighted by molar-refractivity contribution is -0.140. The summed E-state index contributed by atoms with van der Waals surface area (Å²) in [5.74, 6) is 0.740. The molecule has 1 aromatic heterocycles. The number of para-hydroxylation sites is 1. The van der Waals surface area contributed by atoms with Crippen molar-refractivity contribution in [3.63, 3.8) is 0 Å². The van der Waals surface area contributed by atoms with Crippen molar-refractivity contribution >= 4 is 5.91 Å². The molecule has 0 spiro atoms. The Labute approximate surface area is 140 Å². The highest BCUT2D eigenvalue weighted by Gasteiger charge is 2.37. The predicted molar refractivity (Wildman–Crippen MR) is 85.5 cm³/mol. The van der Waals surface area contributed by atoms with E-state index < -0.39 is 0 Å². The normalized spacial score (nSPS) is 22.6. The van der Waals surface area contributed by atoms with Crippen LogP contribution >= 0.6 is 0 Å². The smallest absolute Gasteiger partial charge is 0.260 e. The van der Waals surface area contributed by atoms with Crippen LogP contribution in [0.3, 0.4) is 0 Å². The average molecular weight is 328 g/mol. The summed E-state index contributed by atoms with van der Waals surface area (Å²) in [5, 5.41) is 8.11. The van der Waals surface area contributed by atoms with Crippen molar-refractivity contribution in [3.8, 4) is 5.75 Å². The molecule has 1 saturated heterocycles. The van der Waals surface area contributed by atoms with Gasteiger partial charge in [-0.2, -0.15) is 0 Å². The number of hydrogen-bond donors (Lipinski definition) is 0. The maximum atomic E-state index is 12.5. The maximum absolute atomic E-state index is 12.5. The fourth-order valence-corrected chi connectivity index (χ4v) is 3.35. The number of likely N-dealkylation sites (tertiary alicyclic amines) is 1. The molecule has 7 heteroatoms. The Morgan fingerprint density at radius 2 is 2.29 bits per heavy atom. The van der Waals surface area contributed by atoms with Crippen LogP contribution in [0.1, 0.15) is 23.7 Å². The molecule has 0 saturated carbocycles. The van der Waals surface area contributed by atoms with Gasteiger partial charge in [-0.05, 0) is 25.0 Å². The van der Waals surface area contributed by atoms with E-state index in [4.69, 9.17) is 9.47 Å². The van der Waals surface area contributed by atoms with Gasteiger partial charge in [0.05, 0.1) is 30.6 Å². The molecule has 0 aliphatic carbocycles. The highest BCUT2D eigenvalue weighted by atomic mass is 16.5. The Morgan fingerprint density at radius 1 is 1.42 bits per heavy atom. The van der Waals surface area contributed by atoms with Gasteiger partial charge in [-0.3, -0.25) is 4.79 Å². The van der Waals surface area contributed by atoms with Gasteiger partial charge in [0.25, 0.3) is 5.91 Å². The molecule has 2 aromatic rings. The van der Waals surface area contributed by atoms with Crippen LogP contribution < -0.4 is 4.74 Å². The number of carbonyl (C=O) groups is 1. The zero-order chi connectivity index (χ0) is 16.5. The van der Waals surface area contributed by atoms with Crippen LogP contribution in [0.2, 0.25) is 0 Å². The first-order valence-electron chi connectivity index (χ1n) is 8.19. The third kappa shape index (κ3) is 2.75. The number of rotatable bonds is 3. The molecule has 0 N–H and O–H groups in total. The molecule has 1 fully saturated rings. The summed E-state index contributed by atoms with van der Waals surface area (Å²) in [5.41, 5.74) is 1.98. The van der Waals surface area contributed by atoms with E-state index in [9.17, 15) is 4.79 Å². The summed E-state index contributed by atoms with van der Waals surface area (Å²) in [6.45, 7) is 3.82. The van der Waals surface area contributed by atoms with Crippen LogP contribution in [0.5, 0.6) is 5.75 Å². The van der Waals surface area contributed by atoms with E-state index in [2.05, 4.69) is 10.3 Å². The van der Waals surface area contributed by atoms with Crippen molar-refractivity contribution in [1.29, 1.82) is 0 Å². The zero-order valence-electron chi connectivity index (χ0n) is 13.6. The summed E-state index contributed by atoms with van der Waals surface area (Å²) in [7, 11) is 0. The summed E-state index contributed by atoms with van der Waals surface area (Å²) in [6, 6.07) is 7.74. The van der Waals surface area contributed by atoms with Gasteiger partial charge in [0.15, 0.2) is 6.61 Å². The van der Waals surface area contributed by atoms with E-state index >= 15 is 0 Å². The van der Waals surface area contributed by atoms with Gasteiger partial charge >= 0.3 is 0 Å². The quantitative estimate of drug-likeness (QED) is 0.850. The van der Waals surface area contributed by atoms with Crippen LogP contribution in [0.4, 0.5) is 0 Å². The Bertz CT molecular complexity index is 745. The lowest BCUT2D eigenvalue weighted by atomic mass is 10.0. The van der Waals surface area contributed by atoms with Gasteiger partial charge in [-0.1, -0.05) is 23.4 Å². The maximum Gasteiger partial charge on any atom is 0.260 e. The Kier molecular flexibility index (Phi) is 3.93. The van der Waals surface area contributed by atoms with E-state index in [0.29, 0.717) is 19.7 Å². The molecule has 1 aromatic carbocycles. The van der Waals surface area contributed by atoms with E-state index in [0.717, 1.165) is 23.4 Å². The molecule has 0 bridgehead atoms. The topological polar surface area (TPSA) is 69.5 Å². The van der Waals surface area contributed by atoms with Crippen molar-refractivity contribution in [2.45, 2.75) is 32.1 Å². The molecule has 126 valence electrons. The third-order valence-electron chi connectivity index (χ3n) is 4.73. The van der Waals surface area contributed by atoms with Crippen molar-refractivity contribution in [1.82, 2.24) is 19.9 Å². The van der Waals surface area contributed by atoms with Crippen molar-refractivity contribution in [2.75, 3.05) is 19.7 Å². The van der Waals surface area contributed by atoms with Crippen LogP contribution in [-0.2, 0) is 16.1 Å². The predicted octanol–water partition coefficient (Wildman–Crippen LogP) is 1.34. The fourth-order valence-electron chi connectivity index (χ4n) is 3.35. The molecule has 4 rings (SSSR count). The van der Waals surface area contributed by atoms with Crippen LogP contribution in [0.25, 0.3) is 0 Å². The number of carbonyl (C=O) groups excluding carboxylic acids is 1. The minimum atomic E-state index is -0.0102. The number of nitrogens with zero attached hydrogens (tertiary/aromatic N) is 4. The second-order valence-electron chi connectivity index (χ2n) is 6.27. The monoisotopic (exact) mass is 328 g/mol. The molecule has 0 radical (unpaired) electrons. The molecule has 24 heavy (non-hydrogen) atoms. The van der Waals surface area contributed by atoms with Crippen LogP contribution in [-0.4, -0.2) is 51.6 Å². The molecule has 2 atom stereocenters. The Balaban J connectivity index is 1.41. The molecule has 0 unspecified atom stereocenters. The first kappa shape index (κ1) is 15.1. The molecule has 3 heterocycles. The second-order valence-corrected chi connectivity index (χ2v) is 6.27. The first-order chi connectivity index (χ1) is 11.7. The number of amides is 1. The van der Waals surface area contributed by atoms with Crippen LogP contribution in [0, 0.1) is 6.92 Å². The fraction of sp³-hybridized carbons (Fsp3) is 0.471. The number of ether oxygens (including phenoxy) is 2. The molecular formula is C17H20N4O3. The van der Waals surface area contributed by atoms with Gasteiger partial charge in [0.2, 0.25) is 0 Å². The highest BCUT2D eigenvalue weighted by molar-refractivity contribution is 5.78. The van der Waals surface area contributed by atoms with Crippen molar-refractivity contribution in [2.24, 2.45) is 0 Å². The lowest BCUT2D eigenvalue weighted by Crippen LogP contribution is -2.50. The number of aryl methyl sites for hydroxylation is 1. The standard InChI is InChI=1S/C17H20N4O3/c1-12-4-2-3-5-15(12)24-11-17(22)20-7-6-16-14(9-20)21-13(10-23-16)8-18-19-21/h2-5,8,14,16H,6-7,9-11H2,1H3/t14-,16-/m0/s1. The van der Waals surface area contributed by atoms with Crippen molar-refractivity contribution < 1.29 is 14.3 Å². The van der Waals surface area contributed by atoms with Gasteiger partial charge in [-0.25, -0.2) is 4.68 Å². The lowest BCUT2D eigenvalue weighted by Gasteiger charge is -2.40. The molecule has 2 aliphatic heterocycles. The van der Waals surface area contributed by atoms with Gasteiger partial charge in [-0.15, -0.1) is 5.10 Å². The first-order valence-corrected chi connectivity index (χ1v) is 8.19.